The number of benzene rings is 2. The van der Waals surface area contributed by atoms with E-state index in [1.165, 1.54) is 6.07 Å². The van der Waals surface area contributed by atoms with E-state index in [0.29, 0.717) is 11.3 Å². The van der Waals surface area contributed by atoms with E-state index in [2.05, 4.69) is 5.32 Å². The van der Waals surface area contributed by atoms with Gasteiger partial charge < -0.3 is 10.1 Å². The van der Waals surface area contributed by atoms with Crippen LogP contribution in [0.3, 0.4) is 0 Å². The summed E-state index contributed by atoms with van der Waals surface area (Å²) in [5, 5.41) is 2.72. The largest absolute Gasteiger partial charge is 0.483 e. The molecule has 2 aromatic carbocycles. The zero-order valence-corrected chi connectivity index (χ0v) is 13.1. The highest BCUT2D eigenvalue weighted by atomic mass is 19.1. The molecular formula is C18H20FNO2. The summed E-state index contributed by atoms with van der Waals surface area (Å²) in [6, 6.07) is 10.8. The number of amides is 1. The molecule has 0 aromatic heterocycles. The van der Waals surface area contributed by atoms with Crippen LogP contribution in [0.4, 0.5) is 4.39 Å². The summed E-state index contributed by atoms with van der Waals surface area (Å²) in [5.41, 5.74) is 3.38. The lowest BCUT2D eigenvalue weighted by molar-refractivity contribution is -0.123. The standard InChI is InChI=1S/C18H20FNO2/c1-12-4-5-14(3)17(8-12)22-11-18(21)20-10-15-7-6-13(2)16(19)9-15/h4-9H,10-11H2,1-3H3,(H,20,21). The van der Waals surface area contributed by atoms with Gasteiger partial charge in [-0.3, -0.25) is 4.79 Å². The fraction of sp³-hybridized carbons (Fsp3) is 0.278. The van der Waals surface area contributed by atoms with Crippen LogP contribution in [0.15, 0.2) is 36.4 Å². The lowest BCUT2D eigenvalue weighted by atomic mass is 10.1. The van der Waals surface area contributed by atoms with Gasteiger partial charge in [0.15, 0.2) is 6.61 Å². The Balaban J connectivity index is 1.85. The van der Waals surface area contributed by atoms with E-state index < -0.39 is 0 Å². The molecule has 2 rings (SSSR count). The van der Waals surface area contributed by atoms with E-state index in [1.807, 2.05) is 32.0 Å². The van der Waals surface area contributed by atoms with Crippen molar-refractivity contribution in [3.8, 4) is 5.75 Å². The first-order chi connectivity index (χ1) is 10.5. The first-order valence-electron chi connectivity index (χ1n) is 7.17. The maximum Gasteiger partial charge on any atom is 0.258 e. The molecule has 0 saturated heterocycles. The summed E-state index contributed by atoms with van der Waals surface area (Å²) in [6.07, 6.45) is 0. The zero-order valence-electron chi connectivity index (χ0n) is 13.1. The summed E-state index contributed by atoms with van der Waals surface area (Å²) < 4.78 is 18.9. The number of ether oxygens (including phenoxy) is 1. The minimum atomic E-state index is -0.265. The van der Waals surface area contributed by atoms with Crippen LogP contribution in [0, 0.1) is 26.6 Å². The number of hydrogen-bond donors (Lipinski definition) is 1. The number of carbonyl (C=O) groups is 1. The van der Waals surface area contributed by atoms with Gasteiger partial charge in [0, 0.05) is 6.54 Å². The van der Waals surface area contributed by atoms with Gasteiger partial charge in [0.25, 0.3) is 5.91 Å². The van der Waals surface area contributed by atoms with Crippen LogP contribution >= 0.6 is 0 Å². The smallest absolute Gasteiger partial charge is 0.258 e. The van der Waals surface area contributed by atoms with Crippen LogP contribution in [0.1, 0.15) is 22.3 Å². The summed E-state index contributed by atoms with van der Waals surface area (Å²) in [5.74, 6) is 0.205. The lowest BCUT2D eigenvalue weighted by Crippen LogP contribution is -2.28. The molecule has 0 atom stereocenters. The molecule has 1 N–H and O–H groups in total. The normalized spacial score (nSPS) is 10.4. The van der Waals surface area contributed by atoms with Gasteiger partial charge in [0.05, 0.1) is 0 Å². The van der Waals surface area contributed by atoms with Crippen molar-refractivity contribution in [2.45, 2.75) is 27.3 Å². The molecule has 22 heavy (non-hydrogen) atoms. The second-order valence-electron chi connectivity index (χ2n) is 5.42. The van der Waals surface area contributed by atoms with Crippen LogP contribution < -0.4 is 10.1 Å². The highest BCUT2D eigenvalue weighted by Gasteiger charge is 2.06. The van der Waals surface area contributed by atoms with Crippen molar-refractivity contribution >= 4 is 5.91 Å². The van der Waals surface area contributed by atoms with Gasteiger partial charge in [-0.2, -0.15) is 0 Å². The average Bonchev–Trinajstić information content (AvgIpc) is 2.49. The van der Waals surface area contributed by atoms with Gasteiger partial charge in [-0.25, -0.2) is 4.39 Å². The van der Waals surface area contributed by atoms with Crippen molar-refractivity contribution in [3.05, 3.63) is 64.5 Å². The summed E-state index contributed by atoms with van der Waals surface area (Å²) in [4.78, 5) is 11.8. The topological polar surface area (TPSA) is 38.3 Å². The van der Waals surface area contributed by atoms with Gasteiger partial charge in [-0.15, -0.1) is 0 Å². The Bertz CT molecular complexity index is 683. The fourth-order valence-electron chi connectivity index (χ4n) is 2.00. The van der Waals surface area contributed by atoms with Gasteiger partial charge in [-0.1, -0.05) is 24.3 Å². The van der Waals surface area contributed by atoms with Crippen LogP contribution in [0.5, 0.6) is 5.75 Å². The molecule has 0 bridgehead atoms. The fourth-order valence-corrected chi connectivity index (χ4v) is 2.00. The lowest BCUT2D eigenvalue weighted by Gasteiger charge is -2.10. The summed E-state index contributed by atoms with van der Waals surface area (Å²) >= 11 is 0. The van der Waals surface area contributed by atoms with Crippen molar-refractivity contribution in [2.24, 2.45) is 0 Å². The number of carbonyl (C=O) groups excluding carboxylic acids is 1. The highest BCUT2D eigenvalue weighted by molar-refractivity contribution is 5.77. The third kappa shape index (κ3) is 4.32. The molecule has 0 aliphatic carbocycles. The van der Waals surface area contributed by atoms with E-state index >= 15 is 0 Å². The minimum Gasteiger partial charge on any atom is -0.483 e. The zero-order chi connectivity index (χ0) is 16.1. The Labute approximate surface area is 130 Å². The monoisotopic (exact) mass is 301 g/mol. The molecule has 4 heteroatoms. The maximum atomic E-state index is 13.4. The van der Waals surface area contributed by atoms with Crippen molar-refractivity contribution in [1.82, 2.24) is 5.32 Å². The van der Waals surface area contributed by atoms with E-state index in [-0.39, 0.29) is 24.9 Å². The number of rotatable bonds is 5. The van der Waals surface area contributed by atoms with Crippen molar-refractivity contribution in [1.29, 1.82) is 0 Å². The number of nitrogens with one attached hydrogen (secondary N) is 1. The summed E-state index contributed by atoms with van der Waals surface area (Å²) in [6.45, 7) is 5.83. The molecule has 116 valence electrons. The Morgan fingerprint density at radius 2 is 1.82 bits per heavy atom. The number of aryl methyl sites for hydroxylation is 3. The van der Waals surface area contributed by atoms with Crippen molar-refractivity contribution in [3.63, 3.8) is 0 Å². The Kier molecular flexibility index (Phi) is 5.15. The molecular weight excluding hydrogens is 281 g/mol. The molecule has 0 spiro atoms. The second-order valence-corrected chi connectivity index (χ2v) is 5.42. The molecule has 1 amide bonds. The van der Waals surface area contributed by atoms with Crippen molar-refractivity contribution in [2.75, 3.05) is 6.61 Å². The van der Waals surface area contributed by atoms with Crippen molar-refractivity contribution < 1.29 is 13.9 Å². The Morgan fingerprint density at radius 1 is 1.09 bits per heavy atom. The van der Waals surface area contributed by atoms with Gasteiger partial charge in [0.1, 0.15) is 11.6 Å². The second kappa shape index (κ2) is 7.07. The molecule has 0 aliphatic heterocycles. The third-order valence-corrected chi connectivity index (χ3v) is 3.43. The van der Waals surface area contributed by atoms with Crippen LogP contribution in [0.25, 0.3) is 0 Å². The maximum absolute atomic E-state index is 13.4. The Hall–Kier alpha value is -2.36. The molecule has 0 saturated carbocycles. The van der Waals surface area contributed by atoms with Gasteiger partial charge in [-0.05, 0) is 55.2 Å². The quantitative estimate of drug-likeness (QED) is 0.918. The van der Waals surface area contributed by atoms with Gasteiger partial charge in [0.2, 0.25) is 0 Å². The molecule has 2 aromatic rings. The Morgan fingerprint density at radius 3 is 2.55 bits per heavy atom. The molecule has 0 radical (unpaired) electrons. The van der Waals surface area contributed by atoms with Gasteiger partial charge >= 0.3 is 0 Å². The predicted octanol–water partition coefficient (Wildman–Crippen LogP) is 3.45. The first-order valence-corrected chi connectivity index (χ1v) is 7.17. The highest BCUT2D eigenvalue weighted by Crippen LogP contribution is 2.18. The van der Waals surface area contributed by atoms with E-state index in [1.54, 1.807) is 19.1 Å². The van der Waals surface area contributed by atoms with Crippen LogP contribution in [-0.4, -0.2) is 12.5 Å². The average molecular weight is 301 g/mol. The van der Waals surface area contributed by atoms with E-state index in [4.69, 9.17) is 4.74 Å². The first kappa shape index (κ1) is 16.0. The molecule has 0 unspecified atom stereocenters. The molecule has 0 fully saturated rings. The molecule has 3 nitrogen and oxygen atoms in total. The predicted molar refractivity (Wildman–Crippen MR) is 84.4 cm³/mol. The van der Waals surface area contributed by atoms with E-state index in [9.17, 15) is 9.18 Å². The minimum absolute atomic E-state index is 0.0569. The summed E-state index contributed by atoms with van der Waals surface area (Å²) in [7, 11) is 0. The molecule has 0 aliphatic rings. The number of hydrogen-bond acceptors (Lipinski definition) is 2. The van der Waals surface area contributed by atoms with E-state index in [0.717, 1.165) is 16.7 Å². The molecule has 0 heterocycles. The number of halogens is 1. The third-order valence-electron chi connectivity index (χ3n) is 3.43. The SMILES string of the molecule is Cc1ccc(C)c(OCC(=O)NCc2ccc(C)c(F)c2)c1. The van der Waals surface area contributed by atoms with Crippen LogP contribution in [-0.2, 0) is 11.3 Å². The van der Waals surface area contributed by atoms with Crippen LogP contribution in [0.2, 0.25) is 0 Å².